The van der Waals surface area contributed by atoms with Crippen LogP contribution >= 0.6 is 0 Å². The van der Waals surface area contributed by atoms with Gasteiger partial charge in [-0.3, -0.25) is 0 Å². The second kappa shape index (κ2) is 4.89. The molecule has 1 aromatic rings. The molecule has 0 unspecified atom stereocenters. The van der Waals surface area contributed by atoms with Crippen molar-refractivity contribution in [1.29, 1.82) is 0 Å². The lowest BCUT2D eigenvalue weighted by molar-refractivity contribution is 0.0835. The number of ether oxygens (including phenoxy) is 1. The Kier molecular flexibility index (Phi) is 3.51. The maximum Gasteiger partial charge on any atom is 0.131 e. The van der Waals surface area contributed by atoms with E-state index in [4.69, 9.17) is 10.5 Å². The summed E-state index contributed by atoms with van der Waals surface area (Å²) in [5, 5.41) is 0. The van der Waals surface area contributed by atoms with Gasteiger partial charge in [-0.2, -0.15) is 0 Å². The van der Waals surface area contributed by atoms with Gasteiger partial charge in [-0.05, 0) is 26.7 Å². The van der Waals surface area contributed by atoms with Gasteiger partial charge < -0.3 is 10.5 Å². The van der Waals surface area contributed by atoms with E-state index in [2.05, 4.69) is 9.97 Å². The molecule has 1 fully saturated rings. The van der Waals surface area contributed by atoms with Crippen LogP contribution in [-0.2, 0) is 4.74 Å². The van der Waals surface area contributed by atoms with Gasteiger partial charge in [0.15, 0.2) is 0 Å². The monoisotopic (exact) mass is 221 g/mol. The van der Waals surface area contributed by atoms with Gasteiger partial charge in [0.05, 0.1) is 0 Å². The van der Waals surface area contributed by atoms with Crippen molar-refractivity contribution < 1.29 is 4.74 Å². The SMILES string of the molecule is Cc1nc(C2CCOCC2)ncc1[C@H](C)N. The van der Waals surface area contributed by atoms with Crippen LogP contribution in [0.25, 0.3) is 0 Å². The number of hydrogen-bond donors (Lipinski definition) is 1. The van der Waals surface area contributed by atoms with E-state index in [1.807, 2.05) is 20.0 Å². The van der Waals surface area contributed by atoms with Gasteiger partial charge in [-0.25, -0.2) is 9.97 Å². The first kappa shape index (κ1) is 11.5. The molecule has 0 radical (unpaired) electrons. The molecule has 16 heavy (non-hydrogen) atoms. The first-order valence-electron chi connectivity index (χ1n) is 5.85. The standard InChI is InChI=1S/C12H19N3O/c1-8(13)11-7-14-12(15-9(11)2)10-3-5-16-6-4-10/h7-8,10H,3-6,13H2,1-2H3/t8-/m0/s1. The Morgan fingerprint density at radius 1 is 1.44 bits per heavy atom. The lowest BCUT2D eigenvalue weighted by Gasteiger charge is -2.21. The topological polar surface area (TPSA) is 61.0 Å². The van der Waals surface area contributed by atoms with Gasteiger partial charge >= 0.3 is 0 Å². The molecule has 4 heteroatoms. The highest BCUT2D eigenvalue weighted by molar-refractivity contribution is 5.20. The van der Waals surface area contributed by atoms with E-state index < -0.39 is 0 Å². The number of nitrogens with two attached hydrogens (primary N) is 1. The first-order valence-corrected chi connectivity index (χ1v) is 5.85. The molecule has 1 atom stereocenters. The maximum atomic E-state index is 5.84. The number of hydrogen-bond acceptors (Lipinski definition) is 4. The van der Waals surface area contributed by atoms with Crippen LogP contribution in [0, 0.1) is 6.92 Å². The molecule has 88 valence electrons. The zero-order valence-corrected chi connectivity index (χ0v) is 9.94. The molecule has 0 aromatic carbocycles. The fourth-order valence-corrected chi connectivity index (χ4v) is 2.09. The van der Waals surface area contributed by atoms with Crippen molar-refractivity contribution in [2.75, 3.05) is 13.2 Å². The molecule has 0 aliphatic carbocycles. The van der Waals surface area contributed by atoms with Gasteiger partial charge in [-0.1, -0.05) is 0 Å². The molecule has 2 rings (SSSR count). The van der Waals surface area contributed by atoms with Crippen LogP contribution in [0.1, 0.15) is 48.8 Å². The average Bonchev–Trinajstić information content (AvgIpc) is 2.29. The molecule has 1 aliphatic heterocycles. The molecule has 0 bridgehead atoms. The highest BCUT2D eigenvalue weighted by atomic mass is 16.5. The average molecular weight is 221 g/mol. The minimum absolute atomic E-state index is 0.00346. The fraction of sp³-hybridized carbons (Fsp3) is 0.667. The van der Waals surface area contributed by atoms with E-state index >= 15 is 0 Å². The van der Waals surface area contributed by atoms with Crippen molar-refractivity contribution in [3.63, 3.8) is 0 Å². The third-order valence-electron chi connectivity index (χ3n) is 3.11. The summed E-state index contributed by atoms with van der Waals surface area (Å²) in [6, 6.07) is 0.00346. The van der Waals surface area contributed by atoms with E-state index in [1.54, 1.807) is 0 Å². The van der Waals surface area contributed by atoms with E-state index in [-0.39, 0.29) is 6.04 Å². The Labute approximate surface area is 96.2 Å². The van der Waals surface area contributed by atoms with Gasteiger partial charge in [0, 0.05) is 42.6 Å². The van der Waals surface area contributed by atoms with Crippen LogP contribution in [0.5, 0.6) is 0 Å². The lowest BCUT2D eigenvalue weighted by atomic mass is 9.99. The molecule has 4 nitrogen and oxygen atoms in total. The summed E-state index contributed by atoms with van der Waals surface area (Å²) < 4.78 is 5.34. The Hall–Kier alpha value is -1.00. The minimum atomic E-state index is 0.00346. The lowest BCUT2D eigenvalue weighted by Crippen LogP contribution is -2.18. The maximum absolute atomic E-state index is 5.84. The molecule has 1 aromatic heterocycles. The molecular formula is C12H19N3O. The van der Waals surface area contributed by atoms with Crippen molar-refractivity contribution in [3.05, 3.63) is 23.3 Å². The highest BCUT2D eigenvalue weighted by Crippen LogP contribution is 2.25. The Morgan fingerprint density at radius 2 is 2.12 bits per heavy atom. The van der Waals surface area contributed by atoms with Crippen LogP contribution in [-0.4, -0.2) is 23.2 Å². The smallest absolute Gasteiger partial charge is 0.131 e. The third kappa shape index (κ3) is 2.39. The molecule has 2 N–H and O–H groups in total. The predicted octanol–water partition coefficient (Wildman–Crippen LogP) is 1.70. The van der Waals surface area contributed by atoms with Crippen molar-refractivity contribution in [2.45, 2.75) is 38.6 Å². The zero-order valence-electron chi connectivity index (χ0n) is 9.94. The predicted molar refractivity (Wildman–Crippen MR) is 62.2 cm³/mol. The second-order valence-electron chi connectivity index (χ2n) is 4.44. The minimum Gasteiger partial charge on any atom is -0.381 e. The number of aromatic nitrogens is 2. The Bertz CT molecular complexity index is 359. The number of aryl methyl sites for hydroxylation is 1. The molecule has 0 saturated carbocycles. The Balaban J connectivity index is 2.19. The largest absolute Gasteiger partial charge is 0.381 e. The third-order valence-corrected chi connectivity index (χ3v) is 3.11. The molecule has 0 spiro atoms. The molecule has 2 heterocycles. The summed E-state index contributed by atoms with van der Waals surface area (Å²) in [5.74, 6) is 1.40. The second-order valence-corrected chi connectivity index (χ2v) is 4.44. The number of nitrogens with zero attached hydrogens (tertiary/aromatic N) is 2. The van der Waals surface area contributed by atoms with Crippen LogP contribution < -0.4 is 5.73 Å². The van der Waals surface area contributed by atoms with Crippen LogP contribution in [0.4, 0.5) is 0 Å². The summed E-state index contributed by atoms with van der Waals surface area (Å²) in [6.07, 6.45) is 3.92. The molecule has 0 amide bonds. The Morgan fingerprint density at radius 3 is 2.69 bits per heavy atom. The molecular weight excluding hydrogens is 202 g/mol. The summed E-state index contributed by atoms with van der Waals surface area (Å²) in [4.78, 5) is 9.01. The van der Waals surface area contributed by atoms with E-state index in [0.29, 0.717) is 5.92 Å². The summed E-state index contributed by atoms with van der Waals surface area (Å²) in [7, 11) is 0. The summed E-state index contributed by atoms with van der Waals surface area (Å²) in [6.45, 7) is 5.60. The van der Waals surface area contributed by atoms with Crippen LogP contribution in [0.2, 0.25) is 0 Å². The van der Waals surface area contributed by atoms with Crippen molar-refractivity contribution in [1.82, 2.24) is 9.97 Å². The van der Waals surface area contributed by atoms with Gasteiger partial charge in [0.1, 0.15) is 5.82 Å². The zero-order chi connectivity index (χ0) is 11.5. The van der Waals surface area contributed by atoms with E-state index in [0.717, 1.165) is 43.1 Å². The normalized spacial score (nSPS) is 19.7. The van der Waals surface area contributed by atoms with E-state index in [9.17, 15) is 0 Å². The molecule has 1 saturated heterocycles. The first-order chi connectivity index (χ1) is 7.68. The highest BCUT2D eigenvalue weighted by Gasteiger charge is 2.19. The van der Waals surface area contributed by atoms with Crippen LogP contribution in [0.15, 0.2) is 6.20 Å². The van der Waals surface area contributed by atoms with Crippen LogP contribution in [0.3, 0.4) is 0 Å². The van der Waals surface area contributed by atoms with Gasteiger partial charge in [0.25, 0.3) is 0 Å². The fourth-order valence-electron chi connectivity index (χ4n) is 2.09. The summed E-state index contributed by atoms with van der Waals surface area (Å²) in [5.41, 5.74) is 7.89. The number of rotatable bonds is 2. The van der Waals surface area contributed by atoms with E-state index in [1.165, 1.54) is 0 Å². The summed E-state index contributed by atoms with van der Waals surface area (Å²) >= 11 is 0. The quantitative estimate of drug-likeness (QED) is 0.825. The van der Waals surface area contributed by atoms with Crippen molar-refractivity contribution in [3.8, 4) is 0 Å². The molecule has 1 aliphatic rings. The van der Waals surface area contributed by atoms with Crippen molar-refractivity contribution in [2.24, 2.45) is 5.73 Å². The van der Waals surface area contributed by atoms with Crippen molar-refractivity contribution >= 4 is 0 Å². The van der Waals surface area contributed by atoms with Gasteiger partial charge in [-0.15, -0.1) is 0 Å². The van der Waals surface area contributed by atoms with Gasteiger partial charge in [0.2, 0.25) is 0 Å².